The molecule has 0 unspecified atom stereocenters. The van der Waals surface area contributed by atoms with E-state index in [-0.39, 0.29) is 5.56 Å². The van der Waals surface area contributed by atoms with Gasteiger partial charge >= 0.3 is 0 Å². The Hall–Kier alpha value is -1.62. The van der Waals surface area contributed by atoms with Gasteiger partial charge in [0, 0.05) is 11.6 Å². The van der Waals surface area contributed by atoms with Gasteiger partial charge in [0.1, 0.15) is 5.39 Å². The summed E-state index contributed by atoms with van der Waals surface area (Å²) in [6, 6.07) is 1.63. The Morgan fingerprint density at radius 3 is 3.38 bits per heavy atom. The predicted octanol–water partition coefficient (Wildman–Crippen LogP) is 1.50. The molecular weight excluding hydrogens is 188 g/mol. The minimum absolute atomic E-state index is 0.0741. The van der Waals surface area contributed by atoms with Crippen molar-refractivity contribution < 1.29 is 4.42 Å². The van der Waals surface area contributed by atoms with Gasteiger partial charge in [0.25, 0.3) is 5.56 Å². The lowest BCUT2D eigenvalue weighted by Gasteiger charge is -1.90. The molecule has 64 valence electrons. The summed E-state index contributed by atoms with van der Waals surface area (Å²) in [7, 11) is 0. The Balaban J connectivity index is 2.76. The van der Waals surface area contributed by atoms with Gasteiger partial charge < -0.3 is 4.42 Å². The number of rotatable bonds is 0. The Morgan fingerprint density at radius 1 is 1.54 bits per heavy atom. The lowest BCUT2D eigenvalue weighted by Crippen LogP contribution is -2.11. The van der Waals surface area contributed by atoms with E-state index in [2.05, 4.69) is 4.98 Å². The molecule has 0 aliphatic rings. The van der Waals surface area contributed by atoms with Crippen molar-refractivity contribution >= 4 is 27.4 Å². The molecule has 0 radical (unpaired) electrons. The Bertz CT molecular complexity index is 582. The summed E-state index contributed by atoms with van der Waals surface area (Å²) in [4.78, 5) is 16.5. The zero-order valence-corrected chi connectivity index (χ0v) is 7.25. The van der Waals surface area contributed by atoms with Gasteiger partial charge in [0.2, 0.25) is 5.71 Å². The van der Waals surface area contributed by atoms with Crippen molar-refractivity contribution in [1.82, 2.24) is 9.38 Å². The van der Waals surface area contributed by atoms with Crippen LogP contribution < -0.4 is 5.56 Å². The van der Waals surface area contributed by atoms with Crippen molar-refractivity contribution in [1.29, 1.82) is 0 Å². The zero-order chi connectivity index (χ0) is 8.84. The van der Waals surface area contributed by atoms with Gasteiger partial charge in [0.05, 0.1) is 6.26 Å². The minimum atomic E-state index is -0.0741. The molecule has 3 rings (SSSR count). The fraction of sp³-hybridized carbons (Fsp3) is 0. The topological polar surface area (TPSA) is 47.5 Å². The first-order valence-electron chi connectivity index (χ1n) is 3.69. The van der Waals surface area contributed by atoms with Crippen molar-refractivity contribution in [2.24, 2.45) is 0 Å². The maximum atomic E-state index is 11.7. The lowest BCUT2D eigenvalue weighted by molar-refractivity contribution is 0.603. The third kappa shape index (κ3) is 0.790. The highest BCUT2D eigenvalue weighted by Crippen LogP contribution is 2.12. The molecule has 0 aromatic carbocycles. The van der Waals surface area contributed by atoms with Crippen LogP contribution in [0.2, 0.25) is 0 Å². The summed E-state index contributed by atoms with van der Waals surface area (Å²) in [6.07, 6.45) is 3.19. The van der Waals surface area contributed by atoms with Crippen LogP contribution in [0.5, 0.6) is 0 Å². The monoisotopic (exact) mass is 192 g/mol. The van der Waals surface area contributed by atoms with Crippen LogP contribution in [-0.2, 0) is 0 Å². The summed E-state index contributed by atoms with van der Waals surface area (Å²) in [5, 5.41) is 2.35. The van der Waals surface area contributed by atoms with Gasteiger partial charge in [-0.15, -0.1) is 11.3 Å². The highest BCUT2D eigenvalue weighted by molar-refractivity contribution is 7.15. The quantitative estimate of drug-likeness (QED) is 0.542. The largest absolute Gasteiger partial charge is 0.446 e. The van der Waals surface area contributed by atoms with Gasteiger partial charge in [-0.25, -0.2) is 0 Å². The summed E-state index contributed by atoms with van der Waals surface area (Å²) in [5.41, 5.74) is 0.336. The van der Waals surface area contributed by atoms with Crippen LogP contribution in [0.4, 0.5) is 0 Å². The van der Waals surface area contributed by atoms with Crippen molar-refractivity contribution in [2.45, 2.75) is 0 Å². The average Bonchev–Trinajstić information content (AvgIpc) is 2.71. The smallest absolute Gasteiger partial charge is 0.269 e. The second kappa shape index (κ2) is 2.20. The van der Waals surface area contributed by atoms with Crippen LogP contribution in [0.25, 0.3) is 16.1 Å². The first kappa shape index (κ1) is 6.85. The van der Waals surface area contributed by atoms with E-state index >= 15 is 0 Å². The number of thiazole rings is 1. The average molecular weight is 192 g/mol. The molecule has 3 aromatic rings. The Morgan fingerprint density at radius 2 is 2.46 bits per heavy atom. The number of furan rings is 1. The van der Waals surface area contributed by atoms with E-state index in [1.807, 2.05) is 5.38 Å². The minimum Gasteiger partial charge on any atom is -0.446 e. The fourth-order valence-electron chi connectivity index (χ4n) is 1.27. The number of hydrogen-bond donors (Lipinski definition) is 0. The van der Waals surface area contributed by atoms with E-state index in [1.54, 1.807) is 12.3 Å². The zero-order valence-electron chi connectivity index (χ0n) is 6.43. The van der Waals surface area contributed by atoms with Crippen molar-refractivity contribution in [3.63, 3.8) is 0 Å². The highest BCUT2D eigenvalue weighted by Gasteiger charge is 2.07. The van der Waals surface area contributed by atoms with Crippen LogP contribution in [0.15, 0.2) is 33.1 Å². The Labute approximate surface area is 76.1 Å². The van der Waals surface area contributed by atoms with Crippen LogP contribution in [0.3, 0.4) is 0 Å². The van der Waals surface area contributed by atoms with E-state index < -0.39 is 0 Å². The number of nitrogens with zero attached hydrogens (tertiary/aromatic N) is 2. The molecule has 0 bridgehead atoms. The van der Waals surface area contributed by atoms with Crippen molar-refractivity contribution in [2.75, 3.05) is 0 Å². The second-order valence-corrected chi connectivity index (χ2v) is 3.48. The Kier molecular flexibility index (Phi) is 1.16. The maximum Gasteiger partial charge on any atom is 0.269 e. The molecule has 0 amide bonds. The molecule has 3 heterocycles. The SMILES string of the molecule is O=c1c2ccoc2nc2sccn12. The van der Waals surface area contributed by atoms with Crippen molar-refractivity contribution in [3.05, 3.63) is 34.3 Å². The van der Waals surface area contributed by atoms with E-state index in [1.165, 1.54) is 22.0 Å². The summed E-state index contributed by atoms with van der Waals surface area (Å²) < 4.78 is 6.57. The molecule has 5 heteroatoms. The second-order valence-electron chi connectivity index (χ2n) is 2.61. The van der Waals surface area contributed by atoms with Crippen LogP contribution >= 0.6 is 11.3 Å². The molecule has 0 saturated carbocycles. The van der Waals surface area contributed by atoms with Gasteiger partial charge in [-0.3, -0.25) is 9.20 Å². The predicted molar refractivity (Wildman–Crippen MR) is 49.1 cm³/mol. The summed E-state index contributed by atoms with van der Waals surface area (Å²) in [5.74, 6) is 0. The standard InChI is InChI=1S/C8H4N2O2S/c11-7-5-1-3-12-6(5)9-8-10(7)2-4-13-8/h1-4H. The highest BCUT2D eigenvalue weighted by atomic mass is 32.1. The number of fused-ring (bicyclic) bond motifs is 2. The number of hydrogen-bond acceptors (Lipinski definition) is 4. The molecule has 13 heavy (non-hydrogen) atoms. The molecule has 0 saturated heterocycles. The first-order valence-corrected chi connectivity index (χ1v) is 4.57. The van der Waals surface area contributed by atoms with E-state index in [9.17, 15) is 4.79 Å². The molecule has 4 nitrogen and oxygen atoms in total. The van der Waals surface area contributed by atoms with Crippen LogP contribution in [0, 0.1) is 0 Å². The van der Waals surface area contributed by atoms with Crippen LogP contribution in [0.1, 0.15) is 0 Å². The lowest BCUT2D eigenvalue weighted by atomic mass is 10.4. The van der Waals surface area contributed by atoms with E-state index in [0.29, 0.717) is 16.1 Å². The third-order valence-electron chi connectivity index (χ3n) is 1.88. The third-order valence-corrected chi connectivity index (χ3v) is 2.64. The van der Waals surface area contributed by atoms with Crippen molar-refractivity contribution in [3.8, 4) is 0 Å². The first-order chi connectivity index (χ1) is 6.36. The van der Waals surface area contributed by atoms with Gasteiger partial charge in [0.15, 0.2) is 4.96 Å². The maximum absolute atomic E-state index is 11.7. The van der Waals surface area contributed by atoms with Gasteiger partial charge in [-0.2, -0.15) is 4.98 Å². The molecule has 3 aromatic heterocycles. The molecule has 0 spiro atoms. The molecule has 0 aliphatic carbocycles. The molecule has 0 atom stereocenters. The van der Waals surface area contributed by atoms with E-state index in [0.717, 1.165) is 0 Å². The molecule has 0 N–H and O–H groups in total. The van der Waals surface area contributed by atoms with Crippen LogP contribution in [-0.4, -0.2) is 9.38 Å². The normalized spacial score (nSPS) is 11.4. The van der Waals surface area contributed by atoms with E-state index in [4.69, 9.17) is 4.42 Å². The molecular formula is C8H4N2O2S. The summed E-state index contributed by atoms with van der Waals surface area (Å²) >= 11 is 1.41. The molecule has 0 fully saturated rings. The van der Waals surface area contributed by atoms with Gasteiger partial charge in [-0.1, -0.05) is 0 Å². The summed E-state index contributed by atoms with van der Waals surface area (Å²) in [6.45, 7) is 0. The number of aromatic nitrogens is 2. The fourth-order valence-corrected chi connectivity index (χ4v) is 1.97. The van der Waals surface area contributed by atoms with Gasteiger partial charge in [-0.05, 0) is 6.07 Å². The molecule has 0 aliphatic heterocycles.